The van der Waals surface area contributed by atoms with Crippen molar-refractivity contribution in [2.75, 3.05) is 5.84 Å². The predicted molar refractivity (Wildman–Crippen MR) is 89.8 cm³/mol. The normalized spacial score (nSPS) is 12.5. The molecule has 0 aliphatic carbocycles. The minimum absolute atomic E-state index is 0.123. The molecule has 0 spiro atoms. The molecule has 0 radical (unpaired) electrons. The van der Waals surface area contributed by atoms with Crippen molar-refractivity contribution in [3.63, 3.8) is 0 Å². The number of rotatable bonds is 5. The van der Waals surface area contributed by atoms with Gasteiger partial charge in [0, 0.05) is 0 Å². The summed E-state index contributed by atoms with van der Waals surface area (Å²) in [4.78, 5) is 5.39. The quantitative estimate of drug-likeness (QED) is 0.427. The lowest BCUT2D eigenvalue weighted by Crippen LogP contribution is -2.11. The lowest BCUT2D eigenvalue weighted by Gasteiger charge is -2.05. The van der Waals surface area contributed by atoms with Gasteiger partial charge in [-0.1, -0.05) is 23.0 Å². The first-order chi connectivity index (χ1) is 11.7. The number of nitrogen functional groups attached to an aromatic ring is 1. The van der Waals surface area contributed by atoms with Gasteiger partial charge in [0.2, 0.25) is 22.7 Å². The fourth-order valence-electron chi connectivity index (χ4n) is 2.05. The fourth-order valence-corrected chi connectivity index (χ4v) is 3.50. The van der Waals surface area contributed by atoms with Crippen molar-refractivity contribution >= 4 is 23.1 Å². The number of thioether (sulfide) groups is 1. The molecular weight excluding hydrogens is 348 g/mol. The van der Waals surface area contributed by atoms with Crippen molar-refractivity contribution in [3.8, 4) is 22.3 Å². The molecule has 0 saturated heterocycles. The molecule has 0 aliphatic heterocycles. The third kappa shape index (κ3) is 2.69. The Morgan fingerprint density at radius 2 is 2.21 bits per heavy atom. The Bertz CT molecular complexity index is 929. The molecule has 10 heteroatoms. The van der Waals surface area contributed by atoms with Crippen LogP contribution in [0.1, 0.15) is 18.1 Å². The summed E-state index contributed by atoms with van der Waals surface area (Å²) in [5.41, 5.74) is 0. The molecule has 4 aromatic heterocycles. The van der Waals surface area contributed by atoms with Gasteiger partial charge in [0.15, 0.2) is 5.76 Å². The van der Waals surface area contributed by atoms with Crippen LogP contribution in [0.4, 0.5) is 0 Å². The van der Waals surface area contributed by atoms with Crippen molar-refractivity contribution in [2.45, 2.75) is 17.3 Å². The standard InChI is InChI=1S/C14H12N6O2S2/c1-8(13-16-11(19-22-13)10-5-3-7-23-10)24-14-18-17-12(20(14)15)9-4-2-6-21-9/h2-8H,15H2,1H3. The first kappa shape index (κ1) is 15.0. The molecule has 24 heavy (non-hydrogen) atoms. The summed E-state index contributed by atoms with van der Waals surface area (Å²) in [6, 6.07) is 7.44. The zero-order chi connectivity index (χ0) is 16.5. The summed E-state index contributed by atoms with van der Waals surface area (Å²) in [7, 11) is 0. The van der Waals surface area contributed by atoms with E-state index in [0.29, 0.717) is 28.5 Å². The molecule has 2 N–H and O–H groups in total. The molecule has 4 heterocycles. The fraction of sp³-hybridized carbons (Fsp3) is 0.143. The first-order valence-electron chi connectivity index (χ1n) is 7.01. The van der Waals surface area contributed by atoms with Crippen LogP contribution >= 0.6 is 23.1 Å². The second-order valence-corrected chi connectivity index (χ2v) is 7.10. The van der Waals surface area contributed by atoms with E-state index >= 15 is 0 Å². The Morgan fingerprint density at radius 3 is 2.96 bits per heavy atom. The summed E-state index contributed by atoms with van der Waals surface area (Å²) in [5.74, 6) is 8.15. The van der Waals surface area contributed by atoms with E-state index in [-0.39, 0.29) is 5.25 Å². The first-order valence-corrected chi connectivity index (χ1v) is 8.77. The average Bonchev–Trinajstić information content (AvgIpc) is 3.36. The minimum Gasteiger partial charge on any atom is -0.461 e. The lowest BCUT2D eigenvalue weighted by atomic mass is 10.4. The molecule has 8 nitrogen and oxygen atoms in total. The monoisotopic (exact) mass is 360 g/mol. The van der Waals surface area contributed by atoms with Crippen LogP contribution in [0.2, 0.25) is 0 Å². The maximum absolute atomic E-state index is 6.05. The Balaban J connectivity index is 1.53. The molecule has 122 valence electrons. The zero-order valence-corrected chi connectivity index (χ0v) is 14.1. The second kappa shape index (κ2) is 6.13. The van der Waals surface area contributed by atoms with E-state index in [9.17, 15) is 0 Å². The van der Waals surface area contributed by atoms with Crippen molar-refractivity contribution in [2.24, 2.45) is 0 Å². The minimum atomic E-state index is -0.123. The van der Waals surface area contributed by atoms with Gasteiger partial charge in [0.1, 0.15) is 0 Å². The molecule has 0 saturated carbocycles. The van der Waals surface area contributed by atoms with Gasteiger partial charge < -0.3 is 14.8 Å². The van der Waals surface area contributed by atoms with Gasteiger partial charge in [-0.05, 0) is 30.5 Å². The van der Waals surface area contributed by atoms with Crippen molar-refractivity contribution in [1.29, 1.82) is 0 Å². The highest BCUT2D eigenvalue weighted by Crippen LogP contribution is 2.34. The Morgan fingerprint density at radius 1 is 1.29 bits per heavy atom. The van der Waals surface area contributed by atoms with E-state index in [1.807, 2.05) is 24.4 Å². The Labute approximate surface area is 144 Å². The highest BCUT2D eigenvalue weighted by atomic mass is 32.2. The summed E-state index contributed by atoms with van der Waals surface area (Å²) in [5, 5.41) is 14.5. The van der Waals surface area contributed by atoms with E-state index in [2.05, 4.69) is 20.3 Å². The van der Waals surface area contributed by atoms with E-state index < -0.39 is 0 Å². The molecule has 1 atom stereocenters. The molecule has 4 rings (SSSR count). The molecule has 0 amide bonds. The maximum Gasteiger partial charge on any atom is 0.240 e. The number of furan rings is 1. The molecule has 1 unspecified atom stereocenters. The van der Waals surface area contributed by atoms with Gasteiger partial charge in [-0.3, -0.25) is 0 Å². The van der Waals surface area contributed by atoms with Gasteiger partial charge >= 0.3 is 0 Å². The van der Waals surface area contributed by atoms with Crippen LogP contribution in [0.25, 0.3) is 22.3 Å². The molecule has 0 bridgehead atoms. The second-order valence-electron chi connectivity index (χ2n) is 4.85. The topological polar surface area (TPSA) is 109 Å². The molecule has 0 fully saturated rings. The predicted octanol–water partition coefficient (Wildman–Crippen LogP) is 3.22. The number of nitrogens with two attached hydrogens (primary N) is 1. The van der Waals surface area contributed by atoms with E-state index in [1.165, 1.54) is 16.4 Å². The SMILES string of the molecule is CC(Sc1nnc(-c2ccco2)n1N)c1nc(-c2cccs2)no1. The van der Waals surface area contributed by atoms with Crippen LogP contribution in [0.3, 0.4) is 0 Å². The summed E-state index contributed by atoms with van der Waals surface area (Å²) >= 11 is 2.94. The van der Waals surface area contributed by atoms with Crippen LogP contribution < -0.4 is 5.84 Å². The van der Waals surface area contributed by atoms with Crippen molar-refractivity contribution < 1.29 is 8.94 Å². The van der Waals surface area contributed by atoms with Crippen molar-refractivity contribution in [3.05, 3.63) is 41.8 Å². The van der Waals surface area contributed by atoms with Crippen LogP contribution in [0.15, 0.2) is 50.0 Å². The van der Waals surface area contributed by atoms with Crippen LogP contribution in [-0.4, -0.2) is 25.0 Å². The number of aromatic nitrogens is 5. The van der Waals surface area contributed by atoms with Crippen LogP contribution in [-0.2, 0) is 0 Å². The van der Waals surface area contributed by atoms with Gasteiger partial charge in [-0.2, -0.15) is 4.98 Å². The molecule has 4 aromatic rings. The van der Waals surface area contributed by atoms with Crippen molar-refractivity contribution in [1.82, 2.24) is 25.0 Å². The summed E-state index contributed by atoms with van der Waals surface area (Å²) in [6.07, 6.45) is 1.56. The largest absolute Gasteiger partial charge is 0.461 e. The Kier molecular flexibility index (Phi) is 3.82. The van der Waals surface area contributed by atoms with Gasteiger partial charge in [-0.25, -0.2) is 4.68 Å². The molecule has 0 aromatic carbocycles. The average molecular weight is 360 g/mol. The van der Waals surface area contributed by atoms with E-state index in [1.54, 1.807) is 29.7 Å². The summed E-state index contributed by atoms with van der Waals surface area (Å²) < 4.78 is 12.0. The number of thiophene rings is 1. The number of hydrogen-bond acceptors (Lipinski definition) is 9. The number of nitrogens with zero attached hydrogens (tertiary/aromatic N) is 5. The van der Waals surface area contributed by atoms with Crippen LogP contribution in [0.5, 0.6) is 0 Å². The van der Waals surface area contributed by atoms with E-state index in [0.717, 1.165) is 4.88 Å². The smallest absolute Gasteiger partial charge is 0.240 e. The lowest BCUT2D eigenvalue weighted by molar-refractivity contribution is 0.380. The Hall–Kier alpha value is -2.59. The van der Waals surface area contributed by atoms with Gasteiger partial charge in [0.05, 0.1) is 16.4 Å². The van der Waals surface area contributed by atoms with Gasteiger partial charge in [0.25, 0.3) is 0 Å². The summed E-state index contributed by atoms with van der Waals surface area (Å²) in [6.45, 7) is 1.94. The highest BCUT2D eigenvalue weighted by Gasteiger charge is 2.21. The third-order valence-electron chi connectivity index (χ3n) is 3.22. The van der Waals surface area contributed by atoms with E-state index in [4.69, 9.17) is 14.8 Å². The van der Waals surface area contributed by atoms with Gasteiger partial charge in [-0.15, -0.1) is 21.5 Å². The highest BCUT2D eigenvalue weighted by molar-refractivity contribution is 7.99. The van der Waals surface area contributed by atoms with Crippen LogP contribution in [0, 0.1) is 0 Å². The zero-order valence-electron chi connectivity index (χ0n) is 12.5. The maximum atomic E-state index is 6.05. The number of hydrogen-bond donors (Lipinski definition) is 1. The molecular formula is C14H12N6O2S2. The third-order valence-corrected chi connectivity index (χ3v) is 5.13. The molecule has 0 aliphatic rings.